The first kappa shape index (κ1) is 25.4. The molecule has 2 aliphatic heterocycles. The van der Waals surface area contributed by atoms with Gasteiger partial charge in [0, 0.05) is 28.6 Å². The lowest BCUT2D eigenvalue weighted by Gasteiger charge is -2.47. The van der Waals surface area contributed by atoms with Crippen LogP contribution in [0, 0.1) is 0 Å². The molecular weight excluding hydrogens is 575 g/mol. The van der Waals surface area contributed by atoms with Gasteiger partial charge in [0.05, 0.1) is 29.7 Å². The van der Waals surface area contributed by atoms with Crippen molar-refractivity contribution in [3.05, 3.63) is 56.5 Å². The lowest BCUT2D eigenvalue weighted by Crippen LogP contribution is -2.66. The van der Waals surface area contributed by atoms with Crippen LogP contribution in [0.2, 0.25) is 10.0 Å². The highest BCUT2D eigenvalue weighted by molar-refractivity contribution is 8.03. The number of halogens is 2. The van der Waals surface area contributed by atoms with E-state index < -0.39 is 31.4 Å². The Hall–Kier alpha value is -1.22. The highest BCUT2D eigenvalue weighted by atomic mass is 35.5. The van der Waals surface area contributed by atoms with Crippen molar-refractivity contribution in [3.8, 4) is 0 Å². The maximum atomic E-state index is 12.3. The number of fused-ring (bicyclic) bond motifs is 3. The predicted octanol–water partition coefficient (Wildman–Crippen LogP) is 4.80. The number of aryl methyl sites for hydroxylation is 1. The molecule has 1 saturated heterocycles. The average Bonchev–Trinajstić information content (AvgIpc) is 3.21. The van der Waals surface area contributed by atoms with E-state index in [4.69, 9.17) is 23.2 Å². The molecule has 2 unspecified atom stereocenters. The Morgan fingerprint density at radius 2 is 1.80 bits per heavy atom. The molecule has 2 atom stereocenters. The maximum absolute atomic E-state index is 12.3. The van der Waals surface area contributed by atoms with Gasteiger partial charge in [-0.2, -0.15) is 21.4 Å². The summed E-state index contributed by atoms with van der Waals surface area (Å²) < 4.78 is 69.2. The zero-order valence-electron chi connectivity index (χ0n) is 18.0. The lowest BCUT2D eigenvalue weighted by molar-refractivity contribution is -0.668. The second-order valence-corrected chi connectivity index (χ2v) is 14.5. The Kier molecular flexibility index (Phi) is 6.51. The van der Waals surface area contributed by atoms with Gasteiger partial charge in [-0.3, -0.25) is 9.11 Å². The number of rotatable bonds is 6. The van der Waals surface area contributed by atoms with Gasteiger partial charge in [-0.1, -0.05) is 34.5 Å². The molecular formula is C21H20Cl2N2O6S4+2. The molecule has 3 heterocycles. The molecule has 2 aromatic carbocycles. The summed E-state index contributed by atoms with van der Waals surface area (Å²) in [6.45, 7) is 0.778. The van der Waals surface area contributed by atoms with Gasteiger partial charge in [-0.15, -0.1) is 0 Å². The van der Waals surface area contributed by atoms with Crippen molar-refractivity contribution in [2.45, 2.75) is 29.7 Å². The van der Waals surface area contributed by atoms with E-state index in [0.717, 1.165) is 30.8 Å². The van der Waals surface area contributed by atoms with Crippen LogP contribution in [0.25, 0.3) is 16.3 Å². The van der Waals surface area contributed by atoms with Gasteiger partial charge in [0.2, 0.25) is 10.9 Å². The minimum atomic E-state index is -4.35. The second kappa shape index (κ2) is 8.96. The third kappa shape index (κ3) is 4.64. The molecule has 0 radical (unpaired) electrons. The summed E-state index contributed by atoms with van der Waals surface area (Å²) in [5, 5.41) is 1.43. The van der Waals surface area contributed by atoms with Crippen LogP contribution in [-0.2, 0) is 26.8 Å². The lowest BCUT2D eigenvalue weighted by atomic mass is 10.1. The zero-order chi connectivity index (χ0) is 25.2. The van der Waals surface area contributed by atoms with Crippen LogP contribution < -0.4 is 9.05 Å². The van der Waals surface area contributed by atoms with Gasteiger partial charge in [0.1, 0.15) is 4.70 Å². The van der Waals surface area contributed by atoms with E-state index >= 15 is 0 Å². The summed E-state index contributed by atoms with van der Waals surface area (Å²) >= 11 is 15.4. The first-order chi connectivity index (χ1) is 16.4. The number of benzene rings is 2. The van der Waals surface area contributed by atoms with Gasteiger partial charge in [-0.25, -0.2) is 4.48 Å². The number of hydrogen-bond acceptors (Lipinski definition) is 6. The van der Waals surface area contributed by atoms with Crippen molar-refractivity contribution < 1.29 is 30.5 Å². The minimum Gasteiger partial charge on any atom is -0.286 e. The van der Waals surface area contributed by atoms with E-state index in [2.05, 4.69) is 0 Å². The van der Waals surface area contributed by atoms with E-state index in [9.17, 15) is 25.9 Å². The number of hydrogen-bond donors (Lipinski definition) is 2. The van der Waals surface area contributed by atoms with Crippen molar-refractivity contribution in [1.82, 2.24) is 4.48 Å². The van der Waals surface area contributed by atoms with Crippen LogP contribution in [0.5, 0.6) is 0 Å². The summed E-state index contributed by atoms with van der Waals surface area (Å²) in [6, 6.07) is 10.7. The van der Waals surface area contributed by atoms with Crippen molar-refractivity contribution >= 4 is 88.5 Å². The first-order valence-electron chi connectivity index (χ1n) is 10.5. The smallest absolute Gasteiger partial charge is 0.286 e. The fraction of sp³-hybridized carbons (Fsp3) is 0.286. The fourth-order valence-corrected chi connectivity index (χ4v) is 9.27. The number of nitrogens with zero attached hydrogens (tertiary/aromatic N) is 2. The normalized spacial score (nSPS) is 23.2. The molecule has 0 bridgehead atoms. The van der Waals surface area contributed by atoms with Gasteiger partial charge in [0.25, 0.3) is 15.1 Å². The van der Waals surface area contributed by atoms with Gasteiger partial charge >= 0.3 is 10.1 Å². The minimum absolute atomic E-state index is 0.0422. The van der Waals surface area contributed by atoms with Crippen LogP contribution in [0.15, 0.2) is 46.3 Å². The molecule has 5 rings (SSSR count). The second-order valence-electron chi connectivity index (χ2n) is 8.39. The quantitative estimate of drug-likeness (QED) is 0.239. The molecule has 0 amide bonds. The first-order valence-corrected chi connectivity index (χ1v) is 16.0. The highest BCUT2D eigenvalue weighted by Gasteiger charge is 2.62. The van der Waals surface area contributed by atoms with Crippen LogP contribution in [0.4, 0.5) is 5.69 Å². The molecule has 2 aliphatic rings. The monoisotopic (exact) mass is 594 g/mol. The summed E-state index contributed by atoms with van der Waals surface area (Å²) in [5.41, 5.74) is 1.53. The average molecular weight is 596 g/mol. The Morgan fingerprint density at radius 3 is 2.46 bits per heavy atom. The predicted molar refractivity (Wildman–Crippen MR) is 140 cm³/mol. The Bertz CT molecular complexity index is 1600. The summed E-state index contributed by atoms with van der Waals surface area (Å²) in [7, 11) is -8.47. The van der Waals surface area contributed by atoms with Crippen molar-refractivity contribution in [1.29, 1.82) is 0 Å². The largest absolute Gasteiger partial charge is 0.320 e. The van der Waals surface area contributed by atoms with Gasteiger partial charge in [-0.05, 0) is 36.0 Å². The van der Waals surface area contributed by atoms with Gasteiger partial charge < -0.3 is 0 Å². The summed E-state index contributed by atoms with van der Waals surface area (Å²) in [6.07, 6.45) is 2.37. The van der Waals surface area contributed by atoms with Gasteiger partial charge in [0.15, 0.2) is 17.3 Å². The number of thiazole rings is 1. The topological polar surface area (TPSA) is 113 Å². The van der Waals surface area contributed by atoms with Crippen molar-refractivity contribution in [2.75, 3.05) is 12.3 Å². The van der Waals surface area contributed by atoms with E-state index in [1.54, 1.807) is 24.3 Å². The van der Waals surface area contributed by atoms with Crippen LogP contribution >= 0.6 is 46.3 Å². The highest BCUT2D eigenvalue weighted by Crippen LogP contribution is 2.58. The maximum Gasteiger partial charge on any atom is 0.320 e. The summed E-state index contributed by atoms with van der Waals surface area (Å²) in [4.78, 5) is 0.857. The molecule has 14 heteroatoms. The molecule has 35 heavy (non-hydrogen) atoms. The van der Waals surface area contributed by atoms with Crippen LogP contribution in [0.3, 0.4) is 0 Å². The molecule has 1 aromatic heterocycles. The third-order valence-electron chi connectivity index (χ3n) is 6.25. The van der Waals surface area contributed by atoms with E-state index in [1.165, 1.54) is 23.1 Å². The molecule has 186 valence electrons. The van der Waals surface area contributed by atoms with Crippen LogP contribution in [-0.4, -0.2) is 43.6 Å². The standard InChI is InChI=1S/C21H18Cl2N2O6S4/c22-13-2-4-17-15(10-13)24(7-1-9-34(26,27)28)19(32-17)12-20-25(8-6-21(25)35(29,30)31)16-11-14(23)3-5-18(16)33-20/h2-5,10-12,21H,1,6-9H2/p+2. The molecule has 1 spiro atoms. The molecule has 8 nitrogen and oxygen atoms in total. The van der Waals surface area contributed by atoms with Crippen molar-refractivity contribution in [3.63, 3.8) is 0 Å². The van der Waals surface area contributed by atoms with E-state index in [1.807, 2.05) is 22.8 Å². The Morgan fingerprint density at radius 1 is 1.09 bits per heavy atom. The number of thioether (sulfide) groups is 1. The fourth-order valence-electron chi connectivity index (χ4n) is 4.67. The molecule has 2 N–H and O–H groups in total. The molecule has 0 saturated carbocycles. The van der Waals surface area contributed by atoms with Crippen LogP contribution in [0.1, 0.15) is 17.8 Å². The zero-order valence-corrected chi connectivity index (χ0v) is 22.7. The number of aromatic nitrogens is 1. The van der Waals surface area contributed by atoms with E-state index in [-0.39, 0.29) is 10.9 Å². The summed E-state index contributed by atoms with van der Waals surface area (Å²) in [5.74, 6) is -0.391. The molecule has 1 fully saturated rings. The SMILES string of the molecule is O=S(=O)(O)CCC[n+]1c(C=C2Sc3ccc(Cl)cc3[N+]23CCC3S(=O)(=O)O)sc2ccc(Cl)cc21. The molecule has 0 aliphatic carbocycles. The Balaban J connectivity index is 1.66. The van der Waals surface area contributed by atoms with Crippen molar-refractivity contribution in [2.24, 2.45) is 0 Å². The molecule has 3 aromatic rings. The van der Waals surface area contributed by atoms with E-state index in [0.29, 0.717) is 29.6 Å². The number of quaternary nitrogens is 1. The Labute approximate surface area is 220 Å². The third-order valence-corrected chi connectivity index (χ3v) is 11.1.